The number of hydrogen-bond donors (Lipinski definition) is 1. The standard InChI is InChI=1S/C9H17NO3/c1-7(2)3-10-4-9(11)13-8-5-12-6-8/h7-8,10H,3-6H2,1-2H3. The Morgan fingerprint density at radius 1 is 1.62 bits per heavy atom. The summed E-state index contributed by atoms with van der Waals surface area (Å²) in [7, 11) is 0. The average molecular weight is 187 g/mol. The van der Waals surface area contributed by atoms with E-state index >= 15 is 0 Å². The van der Waals surface area contributed by atoms with Gasteiger partial charge in [-0.3, -0.25) is 4.79 Å². The Kier molecular flexibility index (Phi) is 4.18. The van der Waals surface area contributed by atoms with Crippen molar-refractivity contribution >= 4 is 5.97 Å². The summed E-state index contributed by atoms with van der Waals surface area (Å²) < 4.78 is 9.92. The lowest BCUT2D eigenvalue weighted by atomic mass is 10.2. The van der Waals surface area contributed by atoms with Gasteiger partial charge in [-0.2, -0.15) is 0 Å². The third-order valence-electron chi connectivity index (χ3n) is 1.73. The molecule has 1 saturated heterocycles. The largest absolute Gasteiger partial charge is 0.456 e. The Bertz CT molecular complexity index is 166. The zero-order chi connectivity index (χ0) is 9.68. The van der Waals surface area contributed by atoms with Crippen LogP contribution < -0.4 is 5.32 Å². The van der Waals surface area contributed by atoms with Crippen LogP contribution in [-0.4, -0.2) is 38.4 Å². The molecule has 0 aliphatic carbocycles. The molecule has 1 fully saturated rings. The summed E-state index contributed by atoms with van der Waals surface area (Å²) in [6.45, 7) is 6.44. The third-order valence-corrected chi connectivity index (χ3v) is 1.73. The van der Waals surface area contributed by atoms with Gasteiger partial charge in [-0.15, -0.1) is 0 Å². The maximum absolute atomic E-state index is 11.1. The second-order valence-electron chi connectivity index (χ2n) is 3.67. The van der Waals surface area contributed by atoms with Crippen molar-refractivity contribution in [1.82, 2.24) is 5.32 Å². The Balaban J connectivity index is 1.97. The fraction of sp³-hybridized carbons (Fsp3) is 0.889. The number of esters is 1. The van der Waals surface area contributed by atoms with E-state index in [1.807, 2.05) is 0 Å². The molecule has 0 aromatic rings. The molecule has 1 aliphatic heterocycles. The maximum atomic E-state index is 11.1. The van der Waals surface area contributed by atoms with E-state index in [0.29, 0.717) is 25.7 Å². The molecule has 4 nitrogen and oxygen atoms in total. The van der Waals surface area contributed by atoms with E-state index in [1.54, 1.807) is 0 Å². The lowest BCUT2D eigenvalue weighted by Crippen LogP contribution is -2.40. The maximum Gasteiger partial charge on any atom is 0.320 e. The van der Waals surface area contributed by atoms with Gasteiger partial charge >= 0.3 is 5.97 Å². The predicted molar refractivity (Wildman–Crippen MR) is 48.4 cm³/mol. The molecule has 1 N–H and O–H groups in total. The molecule has 1 aliphatic rings. The Hall–Kier alpha value is -0.610. The van der Waals surface area contributed by atoms with Crippen LogP contribution in [0.4, 0.5) is 0 Å². The number of carbonyl (C=O) groups is 1. The minimum atomic E-state index is -0.186. The van der Waals surface area contributed by atoms with Crippen LogP contribution >= 0.6 is 0 Å². The summed E-state index contributed by atoms with van der Waals surface area (Å²) in [4.78, 5) is 11.1. The van der Waals surface area contributed by atoms with Gasteiger partial charge in [0.05, 0.1) is 19.8 Å². The predicted octanol–water partition coefficient (Wildman–Crippen LogP) is 0.174. The first-order valence-corrected chi connectivity index (χ1v) is 4.66. The topological polar surface area (TPSA) is 47.6 Å². The van der Waals surface area contributed by atoms with Crippen LogP contribution in [0.5, 0.6) is 0 Å². The molecule has 13 heavy (non-hydrogen) atoms. The molecule has 0 bridgehead atoms. The van der Waals surface area contributed by atoms with Gasteiger partial charge in [-0.1, -0.05) is 13.8 Å². The highest BCUT2D eigenvalue weighted by Gasteiger charge is 2.22. The van der Waals surface area contributed by atoms with Crippen molar-refractivity contribution in [2.24, 2.45) is 5.92 Å². The van der Waals surface area contributed by atoms with Gasteiger partial charge in [-0.25, -0.2) is 0 Å². The lowest BCUT2D eigenvalue weighted by molar-refractivity contribution is -0.171. The van der Waals surface area contributed by atoms with Crippen LogP contribution in [0.1, 0.15) is 13.8 Å². The number of rotatable bonds is 5. The first-order valence-electron chi connectivity index (χ1n) is 4.66. The van der Waals surface area contributed by atoms with Gasteiger partial charge in [0.15, 0.2) is 0 Å². The van der Waals surface area contributed by atoms with E-state index in [-0.39, 0.29) is 12.1 Å². The van der Waals surface area contributed by atoms with Crippen LogP contribution in [0.15, 0.2) is 0 Å². The van der Waals surface area contributed by atoms with Crippen LogP contribution in [0.25, 0.3) is 0 Å². The van der Waals surface area contributed by atoms with Gasteiger partial charge in [-0.05, 0) is 12.5 Å². The summed E-state index contributed by atoms with van der Waals surface area (Å²) in [6, 6.07) is 0. The van der Waals surface area contributed by atoms with E-state index in [9.17, 15) is 4.79 Å². The molecule has 4 heteroatoms. The van der Waals surface area contributed by atoms with Crippen molar-refractivity contribution in [2.45, 2.75) is 20.0 Å². The molecule has 0 spiro atoms. The summed E-state index contributed by atoms with van der Waals surface area (Å²) in [5.41, 5.74) is 0. The van der Waals surface area contributed by atoms with Crippen molar-refractivity contribution in [3.63, 3.8) is 0 Å². The van der Waals surface area contributed by atoms with Gasteiger partial charge in [0, 0.05) is 0 Å². The van der Waals surface area contributed by atoms with Gasteiger partial charge in [0.25, 0.3) is 0 Å². The first-order chi connectivity index (χ1) is 6.18. The van der Waals surface area contributed by atoms with Gasteiger partial charge in [0.2, 0.25) is 0 Å². The molecule has 0 aromatic heterocycles. The number of hydrogen-bond acceptors (Lipinski definition) is 4. The Labute approximate surface area is 78.6 Å². The zero-order valence-electron chi connectivity index (χ0n) is 8.21. The number of carbonyl (C=O) groups excluding carboxylic acids is 1. The molecule has 1 heterocycles. The van der Waals surface area contributed by atoms with E-state index in [4.69, 9.17) is 9.47 Å². The fourth-order valence-corrected chi connectivity index (χ4v) is 0.973. The van der Waals surface area contributed by atoms with Crippen molar-refractivity contribution in [2.75, 3.05) is 26.3 Å². The zero-order valence-corrected chi connectivity index (χ0v) is 8.21. The highest BCUT2D eigenvalue weighted by Crippen LogP contribution is 2.04. The Morgan fingerprint density at radius 2 is 2.31 bits per heavy atom. The van der Waals surface area contributed by atoms with E-state index < -0.39 is 0 Å². The lowest BCUT2D eigenvalue weighted by Gasteiger charge is -2.25. The summed E-state index contributed by atoms with van der Waals surface area (Å²) >= 11 is 0. The fourth-order valence-electron chi connectivity index (χ4n) is 0.973. The van der Waals surface area contributed by atoms with Gasteiger partial charge < -0.3 is 14.8 Å². The molecular weight excluding hydrogens is 170 g/mol. The molecule has 0 unspecified atom stereocenters. The monoisotopic (exact) mass is 187 g/mol. The molecule has 0 radical (unpaired) electrons. The van der Waals surface area contributed by atoms with Gasteiger partial charge in [0.1, 0.15) is 6.10 Å². The average Bonchev–Trinajstić information content (AvgIpc) is 1.96. The van der Waals surface area contributed by atoms with Crippen LogP contribution in [0, 0.1) is 5.92 Å². The summed E-state index contributed by atoms with van der Waals surface area (Å²) in [5.74, 6) is 0.369. The SMILES string of the molecule is CC(C)CNCC(=O)OC1COC1. The van der Waals surface area contributed by atoms with Crippen molar-refractivity contribution in [3.8, 4) is 0 Å². The molecule has 0 aromatic carbocycles. The van der Waals surface area contributed by atoms with E-state index in [1.165, 1.54) is 0 Å². The summed E-state index contributed by atoms with van der Waals surface area (Å²) in [6.07, 6.45) is -0.00616. The number of nitrogens with one attached hydrogen (secondary N) is 1. The molecule has 76 valence electrons. The smallest absolute Gasteiger partial charge is 0.320 e. The number of ether oxygens (including phenoxy) is 2. The summed E-state index contributed by atoms with van der Waals surface area (Å²) in [5, 5.41) is 3.02. The molecule has 0 amide bonds. The Morgan fingerprint density at radius 3 is 2.77 bits per heavy atom. The van der Waals surface area contributed by atoms with Crippen molar-refractivity contribution in [3.05, 3.63) is 0 Å². The highest BCUT2D eigenvalue weighted by atomic mass is 16.6. The van der Waals surface area contributed by atoms with Crippen LogP contribution in [-0.2, 0) is 14.3 Å². The van der Waals surface area contributed by atoms with Crippen LogP contribution in [0.3, 0.4) is 0 Å². The third kappa shape index (κ3) is 4.24. The quantitative estimate of drug-likeness (QED) is 0.623. The minimum Gasteiger partial charge on any atom is -0.456 e. The van der Waals surface area contributed by atoms with E-state index in [0.717, 1.165) is 6.54 Å². The van der Waals surface area contributed by atoms with Crippen molar-refractivity contribution < 1.29 is 14.3 Å². The van der Waals surface area contributed by atoms with Crippen molar-refractivity contribution in [1.29, 1.82) is 0 Å². The minimum absolute atomic E-state index is 0.00616. The first kappa shape index (κ1) is 10.5. The second-order valence-corrected chi connectivity index (χ2v) is 3.67. The normalized spacial score (nSPS) is 17.2. The van der Waals surface area contributed by atoms with E-state index in [2.05, 4.69) is 19.2 Å². The molecule has 0 saturated carbocycles. The molecule has 0 atom stereocenters. The second kappa shape index (κ2) is 5.19. The molecular formula is C9H17NO3. The van der Waals surface area contributed by atoms with Crippen LogP contribution in [0.2, 0.25) is 0 Å². The molecule has 1 rings (SSSR count). The highest BCUT2D eigenvalue weighted by molar-refractivity contribution is 5.71.